The molecule has 0 aromatic heterocycles. The van der Waals surface area contributed by atoms with Crippen LogP contribution >= 0.6 is 11.8 Å². The van der Waals surface area contributed by atoms with Gasteiger partial charge in [-0.15, -0.1) is 0 Å². The Labute approximate surface area is 91.9 Å². The second-order valence-corrected chi connectivity index (χ2v) is 5.65. The van der Waals surface area contributed by atoms with Gasteiger partial charge in [0, 0.05) is 17.9 Å². The topological polar surface area (TPSA) is 32.3 Å². The Hall–Kier alpha value is 0.270. The average molecular weight is 217 g/mol. The first-order chi connectivity index (χ1) is 6.77. The quantitative estimate of drug-likeness (QED) is 0.712. The standard InChI is InChI=1S/C11H23NOS/c1-3-10(4-6-13)8-12-11-5-7-14-9(11)2/h9-13H,3-8H2,1-2H3. The highest BCUT2D eigenvalue weighted by Gasteiger charge is 2.23. The summed E-state index contributed by atoms with van der Waals surface area (Å²) in [7, 11) is 0. The van der Waals surface area contributed by atoms with E-state index in [0.717, 1.165) is 18.2 Å². The van der Waals surface area contributed by atoms with Crippen LogP contribution in [0.15, 0.2) is 0 Å². The summed E-state index contributed by atoms with van der Waals surface area (Å²) in [6, 6.07) is 0.702. The number of hydrogen-bond donors (Lipinski definition) is 2. The molecule has 0 aromatic carbocycles. The van der Waals surface area contributed by atoms with E-state index in [1.807, 2.05) is 0 Å². The molecular weight excluding hydrogens is 194 g/mol. The van der Waals surface area contributed by atoms with Crippen LogP contribution in [-0.2, 0) is 0 Å². The molecule has 0 saturated carbocycles. The fourth-order valence-electron chi connectivity index (χ4n) is 1.95. The minimum atomic E-state index is 0.329. The third-order valence-corrected chi connectivity index (χ3v) is 4.49. The summed E-state index contributed by atoms with van der Waals surface area (Å²) in [5.74, 6) is 1.95. The van der Waals surface area contributed by atoms with E-state index in [1.165, 1.54) is 18.6 Å². The van der Waals surface area contributed by atoms with E-state index in [1.54, 1.807) is 0 Å². The van der Waals surface area contributed by atoms with E-state index in [2.05, 4.69) is 30.9 Å². The SMILES string of the molecule is CCC(CCO)CNC1CCSC1C. The van der Waals surface area contributed by atoms with Crippen LogP contribution in [0, 0.1) is 5.92 Å². The van der Waals surface area contributed by atoms with Crippen molar-refractivity contribution in [3.8, 4) is 0 Å². The van der Waals surface area contributed by atoms with Crippen molar-refractivity contribution >= 4 is 11.8 Å². The van der Waals surface area contributed by atoms with E-state index >= 15 is 0 Å². The minimum absolute atomic E-state index is 0.329. The minimum Gasteiger partial charge on any atom is -0.396 e. The van der Waals surface area contributed by atoms with Crippen molar-refractivity contribution in [1.82, 2.24) is 5.32 Å². The maximum atomic E-state index is 8.88. The number of nitrogens with one attached hydrogen (secondary N) is 1. The second kappa shape index (κ2) is 6.70. The Morgan fingerprint density at radius 3 is 2.86 bits per heavy atom. The molecule has 0 aromatic rings. The number of aliphatic hydroxyl groups is 1. The first-order valence-electron chi connectivity index (χ1n) is 5.73. The lowest BCUT2D eigenvalue weighted by Gasteiger charge is -2.20. The molecule has 1 fully saturated rings. The maximum absolute atomic E-state index is 8.88. The number of aliphatic hydroxyl groups excluding tert-OH is 1. The van der Waals surface area contributed by atoms with Gasteiger partial charge in [0.1, 0.15) is 0 Å². The molecule has 1 saturated heterocycles. The van der Waals surface area contributed by atoms with Crippen molar-refractivity contribution in [1.29, 1.82) is 0 Å². The Balaban J connectivity index is 2.17. The zero-order chi connectivity index (χ0) is 10.4. The second-order valence-electron chi connectivity index (χ2n) is 4.17. The molecule has 3 atom stereocenters. The summed E-state index contributed by atoms with van der Waals surface area (Å²) in [4.78, 5) is 0. The van der Waals surface area contributed by atoms with Gasteiger partial charge in [-0.3, -0.25) is 0 Å². The van der Waals surface area contributed by atoms with Crippen molar-refractivity contribution in [3.63, 3.8) is 0 Å². The van der Waals surface area contributed by atoms with E-state index in [0.29, 0.717) is 18.6 Å². The van der Waals surface area contributed by atoms with Gasteiger partial charge in [-0.1, -0.05) is 20.3 Å². The first-order valence-corrected chi connectivity index (χ1v) is 6.78. The highest BCUT2D eigenvalue weighted by molar-refractivity contribution is 8.00. The lowest BCUT2D eigenvalue weighted by molar-refractivity contribution is 0.248. The van der Waals surface area contributed by atoms with Crippen molar-refractivity contribution in [2.45, 2.75) is 44.4 Å². The van der Waals surface area contributed by atoms with Crippen LogP contribution in [0.3, 0.4) is 0 Å². The van der Waals surface area contributed by atoms with Gasteiger partial charge in [0.15, 0.2) is 0 Å². The van der Waals surface area contributed by atoms with Gasteiger partial charge < -0.3 is 10.4 Å². The molecule has 0 amide bonds. The molecule has 1 heterocycles. The van der Waals surface area contributed by atoms with Crippen LogP contribution in [0.5, 0.6) is 0 Å². The van der Waals surface area contributed by atoms with Crippen molar-refractivity contribution in [2.75, 3.05) is 18.9 Å². The fourth-order valence-corrected chi connectivity index (χ4v) is 3.18. The fraction of sp³-hybridized carbons (Fsp3) is 1.00. The van der Waals surface area contributed by atoms with Crippen molar-refractivity contribution in [3.05, 3.63) is 0 Å². The summed E-state index contributed by atoms with van der Waals surface area (Å²) in [6.07, 6.45) is 3.42. The highest BCUT2D eigenvalue weighted by Crippen LogP contribution is 2.26. The molecule has 1 aliphatic rings. The van der Waals surface area contributed by atoms with Crippen LogP contribution < -0.4 is 5.32 Å². The molecule has 1 rings (SSSR count). The third-order valence-electron chi connectivity index (χ3n) is 3.16. The zero-order valence-electron chi connectivity index (χ0n) is 9.33. The lowest BCUT2D eigenvalue weighted by atomic mass is 10.0. The highest BCUT2D eigenvalue weighted by atomic mass is 32.2. The van der Waals surface area contributed by atoms with Crippen LogP contribution in [0.4, 0.5) is 0 Å². The Morgan fingerprint density at radius 1 is 1.57 bits per heavy atom. The maximum Gasteiger partial charge on any atom is 0.0434 e. The normalized spacial score (nSPS) is 29.4. The molecule has 0 spiro atoms. The average Bonchev–Trinajstić information content (AvgIpc) is 2.59. The largest absolute Gasteiger partial charge is 0.396 e. The predicted molar refractivity (Wildman–Crippen MR) is 63.8 cm³/mol. The Morgan fingerprint density at radius 2 is 2.36 bits per heavy atom. The van der Waals surface area contributed by atoms with Crippen LogP contribution in [0.25, 0.3) is 0 Å². The molecule has 14 heavy (non-hydrogen) atoms. The van der Waals surface area contributed by atoms with Crippen LogP contribution in [0.2, 0.25) is 0 Å². The van der Waals surface area contributed by atoms with Crippen LogP contribution in [0.1, 0.15) is 33.1 Å². The number of hydrogen-bond acceptors (Lipinski definition) is 3. The molecule has 0 radical (unpaired) electrons. The summed E-state index contributed by atoms with van der Waals surface area (Å²) < 4.78 is 0. The molecular formula is C11H23NOS. The third kappa shape index (κ3) is 3.79. The van der Waals surface area contributed by atoms with Gasteiger partial charge in [0.25, 0.3) is 0 Å². The van der Waals surface area contributed by atoms with Gasteiger partial charge in [0.05, 0.1) is 0 Å². The van der Waals surface area contributed by atoms with E-state index < -0.39 is 0 Å². The first kappa shape index (κ1) is 12.3. The molecule has 84 valence electrons. The molecule has 2 N–H and O–H groups in total. The van der Waals surface area contributed by atoms with E-state index in [4.69, 9.17) is 5.11 Å². The molecule has 1 aliphatic heterocycles. The van der Waals surface area contributed by atoms with Crippen molar-refractivity contribution < 1.29 is 5.11 Å². The van der Waals surface area contributed by atoms with Gasteiger partial charge in [-0.25, -0.2) is 0 Å². The monoisotopic (exact) mass is 217 g/mol. The molecule has 3 unspecified atom stereocenters. The summed E-state index contributed by atoms with van der Waals surface area (Å²) in [6.45, 7) is 5.92. The van der Waals surface area contributed by atoms with Gasteiger partial charge in [-0.2, -0.15) is 11.8 Å². The van der Waals surface area contributed by atoms with E-state index in [9.17, 15) is 0 Å². The summed E-state index contributed by atoms with van der Waals surface area (Å²) in [5.41, 5.74) is 0. The van der Waals surface area contributed by atoms with Crippen LogP contribution in [-0.4, -0.2) is 35.3 Å². The molecule has 0 aliphatic carbocycles. The Bertz CT molecular complexity index is 154. The smallest absolute Gasteiger partial charge is 0.0434 e. The zero-order valence-corrected chi connectivity index (χ0v) is 10.1. The van der Waals surface area contributed by atoms with Crippen molar-refractivity contribution in [2.24, 2.45) is 5.92 Å². The lowest BCUT2D eigenvalue weighted by Crippen LogP contribution is -2.36. The molecule has 0 bridgehead atoms. The number of thioether (sulfide) groups is 1. The van der Waals surface area contributed by atoms with E-state index in [-0.39, 0.29) is 0 Å². The molecule has 2 nitrogen and oxygen atoms in total. The number of rotatable bonds is 6. The van der Waals surface area contributed by atoms with Gasteiger partial charge in [0.2, 0.25) is 0 Å². The molecule has 3 heteroatoms. The van der Waals surface area contributed by atoms with Gasteiger partial charge in [-0.05, 0) is 31.1 Å². The predicted octanol–water partition coefficient (Wildman–Crippen LogP) is 1.88. The summed E-state index contributed by atoms with van der Waals surface area (Å²) >= 11 is 2.07. The van der Waals surface area contributed by atoms with Gasteiger partial charge >= 0.3 is 0 Å². The summed E-state index contributed by atoms with van der Waals surface area (Å²) in [5, 5.41) is 13.3. The Kier molecular flexibility index (Phi) is 5.90.